The fourth-order valence-electron chi connectivity index (χ4n) is 2.81. The molecule has 0 unspecified atom stereocenters. The van der Waals surface area contributed by atoms with Crippen LogP contribution in [0.4, 0.5) is 13.2 Å². The monoisotopic (exact) mass is 397 g/mol. The van der Waals surface area contributed by atoms with Crippen molar-refractivity contribution in [1.29, 1.82) is 5.26 Å². The fourth-order valence-corrected chi connectivity index (χ4v) is 2.81. The molecular formula is C21H18F3N5. The second-order valence-corrected chi connectivity index (χ2v) is 6.39. The molecule has 0 aliphatic heterocycles. The number of rotatable bonds is 7. The van der Waals surface area contributed by atoms with Gasteiger partial charge in [-0.2, -0.15) is 18.4 Å². The molecule has 0 spiro atoms. The molecule has 1 N–H and O–H groups in total. The Labute approximate surface area is 166 Å². The number of hydrogen-bond donors (Lipinski definition) is 1. The molecule has 0 atom stereocenters. The highest BCUT2D eigenvalue weighted by Crippen LogP contribution is 2.31. The Morgan fingerprint density at radius 1 is 1.03 bits per heavy atom. The summed E-state index contributed by atoms with van der Waals surface area (Å²) in [6, 6.07) is 12.3. The van der Waals surface area contributed by atoms with Crippen molar-refractivity contribution in [3.63, 3.8) is 0 Å². The van der Waals surface area contributed by atoms with Crippen LogP contribution < -0.4 is 5.32 Å². The van der Waals surface area contributed by atoms with Gasteiger partial charge in [-0.1, -0.05) is 12.1 Å². The predicted molar refractivity (Wildman–Crippen MR) is 101 cm³/mol. The van der Waals surface area contributed by atoms with Crippen LogP contribution in [0.5, 0.6) is 0 Å². The van der Waals surface area contributed by atoms with Crippen molar-refractivity contribution in [2.75, 3.05) is 6.54 Å². The van der Waals surface area contributed by atoms with Crippen LogP contribution in [0.3, 0.4) is 0 Å². The second kappa shape index (κ2) is 9.26. The molecule has 0 radical (unpaired) electrons. The van der Waals surface area contributed by atoms with Gasteiger partial charge in [-0.05, 0) is 55.3 Å². The van der Waals surface area contributed by atoms with Crippen molar-refractivity contribution in [2.45, 2.75) is 25.6 Å². The highest BCUT2D eigenvalue weighted by molar-refractivity contribution is 5.61. The topological polar surface area (TPSA) is 74.5 Å². The third kappa shape index (κ3) is 5.83. The van der Waals surface area contributed by atoms with E-state index in [1.165, 1.54) is 6.07 Å². The van der Waals surface area contributed by atoms with Crippen LogP contribution in [0.2, 0.25) is 0 Å². The normalized spacial score (nSPS) is 11.2. The third-order valence-electron chi connectivity index (χ3n) is 4.23. The average Bonchev–Trinajstić information content (AvgIpc) is 2.73. The zero-order chi connectivity index (χ0) is 20.7. The Bertz CT molecular complexity index is 997. The minimum Gasteiger partial charge on any atom is -0.313 e. The zero-order valence-corrected chi connectivity index (χ0v) is 15.4. The number of hydrogen-bond acceptors (Lipinski definition) is 5. The molecule has 0 bridgehead atoms. The first kappa shape index (κ1) is 20.4. The Hall–Kier alpha value is -3.31. The number of halogens is 3. The molecule has 29 heavy (non-hydrogen) atoms. The molecule has 5 nitrogen and oxygen atoms in total. The highest BCUT2D eigenvalue weighted by atomic mass is 19.4. The van der Waals surface area contributed by atoms with Gasteiger partial charge >= 0.3 is 6.18 Å². The summed E-state index contributed by atoms with van der Waals surface area (Å²) < 4.78 is 38.9. The van der Waals surface area contributed by atoms with E-state index in [-0.39, 0.29) is 5.82 Å². The first-order valence-corrected chi connectivity index (χ1v) is 9.01. The van der Waals surface area contributed by atoms with E-state index in [0.717, 1.165) is 30.7 Å². The van der Waals surface area contributed by atoms with Crippen LogP contribution in [0.1, 0.15) is 29.1 Å². The maximum absolute atomic E-state index is 13.0. The number of aromatic nitrogens is 3. The van der Waals surface area contributed by atoms with Crippen molar-refractivity contribution >= 4 is 0 Å². The molecule has 0 aliphatic carbocycles. The average molecular weight is 397 g/mol. The first-order chi connectivity index (χ1) is 14.0. The predicted octanol–water partition coefficient (Wildman–Crippen LogP) is 4.15. The minimum absolute atomic E-state index is 0.0559. The number of nitrogens with zero attached hydrogens (tertiary/aromatic N) is 4. The lowest BCUT2D eigenvalue weighted by molar-refractivity contribution is -0.137. The molecule has 0 amide bonds. The molecule has 148 valence electrons. The zero-order valence-electron chi connectivity index (χ0n) is 15.4. The largest absolute Gasteiger partial charge is 0.416 e. The molecule has 3 rings (SSSR count). The van der Waals surface area contributed by atoms with Crippen LogP contribution in [0.15, 0.2) is 54.9 Å². The van der Waals surface area contributed by atoms with Crippen molar-refractivity contribution in [2.24, 2.45) is 0 Å². The Morgan fingerprint density at radius 2 is 1.83 bits per heavy atom. The van der Waals surface area contributed by atoms with Crippen molar-refractivity contribution in [3.05, 3.63) is 77.5 Å². The van der Waals surface area contributed by atoms with E-state index in [1.807, 2.05) is 18.2 Å². The quantitative estimate of drug-likeness (QED) is 0.606. The van der Waals surface area contributed by atoms with Gasteiger partial charge in [0.15, 0.2) is 0 Å². The van der Waals surface area contributed by atoms with Gasteiger partial charge in [-0.15, -0.1) is 0 Å². The van der Waals surface area contributed by atoms with Crippen LogP contribution in [-0.2, 0) is 19.1 Å². The van der Waals surface area contributed by atoms with Crippen molar-refractivity contribution in [1.82, 2.24) is 20.3 Å². The lowest BCUT2D eigenvalue weighted by Gasteiger charge is -2.10. The van der Waals surface area contributed by atoms with Crippen molar-refractivity contribution in [3.8, 4) is 17.3 Å². The van der Waals surface area contributed by atoms with Gasteiger partial charge in [0.05, 0.1) is 11.3 Å². The van der Waals surface area contributed by atoms with Crippen LogP contribution >= 0.6 is 0 Å². The number of nitrogens with one attached hydrogen (secondary N) is 1. The maximum atomic E-state index is 13.0. The first-order valence-electron chi connectivity index (χ1n) is 9.01. The Balaban J connectivity index is 1.67. The van der Waals surface area contributed by atoms with Gasteiger partial charge in [-0.25, -0.2) is 9.97 Å². The van der Waals surface area contributed by atoms with Crippen LogP contribution in [0.25, 0.3) is 11.3 Å². The number of nitriles is 1. The summed E-state index contributed by atoms with van der Waals surface area (Å²) >= 11 is 0. The van der Waals surface area contributed by atoms with Gasteiger partial charge < -0.3 is 5.32 Å². The van der Waals surface area contributed by atoms with E-state index in [9.17, 15) is 18.4 Å². The summed E-state index contributed by atoms with van der Waals surface area (Å²) in [4.78, 5) is 12.2. The second-order valence-electron chi connectivity index (χ2n) is 6.39. The van der Waals surface area contributed by atoms with E-state index in [4.69, 9.17) is 0 Å². The van der Waals surface area contributed by atoms with Gasteiger partial charge in [0, 0.05) is 30.2 Å². The standard InChI is InChI=1S/C21H18F3N5/c22-21(23,24)17-4-1-3-16(11-17)19-12-18(28-20(13-25)29-19)5-2-8-27-14-15-6-9-26-10-7-15/h1,3-4,6-7,9-12,27H,2,5,8,14H2. The summed E-state index contributed by atoms with van der Waals surface area (Å²) in [7, 11) is 0. The van der Waals surface area contributed by atoms with Gasteiger partial charge in [0.2, 0.25) is 5.82 Å². The smallest absolute Gasteiger partial charge is 0.313 e. The fraction of sp³-hybridized carbons (Fsp3) is 0.238. The molecule has 8 heteroatoms. The molecule has 2 heterocycles. The van der Waals surface area contributed by atoms with E-state index in [0.29, 0.717) is 29.9 Å². The number of alkyl halides is 3. The molecule has 2 aromatic heterocycles. The maximum Gasteiger partial charge on any atom is 0.416 e. The Morgan fingerprint density at radius 3 is 2.55 bits per heavy atom. The van der Waals surface area contributed by atoms with Crippen LogP contribution in [-0.4, -0.2) is 21.5 Å². The lowest BCUT2D eigenvalue weighted by atomic mass is 10.1. The van der Waals surface area contributed by atoms with E-state index < -0.39 is 11.7 Å². The number of benzene rings is 1. The molecule has 0 saturated carbocycles. The summed E-state index contributed by atoms with van der Waals surface area (Å²) in [5, 5.41) is 12.5. The number of pyridine rings is 1. The van der Waals surface area contributed by atoms with Gasteiger partial charge in [0.1, 0.15) is 6.07 Å². The summed E-state index contributed by atoms with van der Waals surface area (Å²) in [6.45, 7) is 1.44. The molecule has 0 fully saturated rings. The lowest BCUT2D eigenvalue weighted by Crippen LogP contribution is -2.15. The van der Waals surface area contributed by atoms with E-state index >= 15 is 0 Å². The van der Waals surface area contributed by atoms with Gasteiger partial charge in [0.25, 0.3) is 0 Å². The summed E-state index contributed by atoms with van der Waals surface area (Å²) in [6.07, 6.45) is 0.360. The highest BCUT2D eigenvalue weighted by Gasteiger charge is 2.30. The molecule has 3 aromatic rings. The third-order valence-corrected chi connectivity index (χ3v) is 4.23. The molecular weight excluding hydrogens is 379 g/mol. The summed E-state index contributed by atoms with van der Waals surface area (Å²) in [5.41, 5.74) is 1.60. The summed E-state index contributed by atoms with van der Waals surface area (Å²) in [5.74, 6) is -0.0559. The molecule has 0 aliphatic rings. The van der Waals surface area contributed by atoms with E-state index in [2.05, 4.69) is 20.3 Å². The molecule has 0 saturated heterocycles. The van der Waals surface area contributed by atoms with E-state index in [1.54, 1.807) is 24.5 Å². The molecule has 1 aromatic carbocycles. The minimum atomic E-state index is -4.44. The number of aryl methyl sites for hydroxylation is 1. The van der Waals surface area contributed by atoms with Gasteiger partial charge in [-0.3, -0.25) is 4.98 Å². The SMILES string of the molecule is N#Cc1nc(CCCNCc2ccncc2)cc(-c2cccc(C(F)(F)F)c2)n1. The van der Waals surface area contributed by atoms with Crippen LogP contribution in [0, 0.1) is 11.3 Å². The Kier molecular flexibility index (Phi) is 6.52. The van der Waals surface area contributed by atoms with Crippen molar-refractivity contribution < 1.29 is 13.2 Å².